The second kappa shape index (κ2) is 8.10. The zero-order valence-electron chi connectivity index (χ0n) is 12.5. The summed E-state index contributed by atoms with van der Waals surface area (Å²) in [6.07, 6.45) is 3.49. The van der Waals surface area contributed by atoms with Gasteiger partial charge in [-0.15, -0.1) is 0 Å². The van der Waals surface area contributed by atoms with Gasteiger partial charge in [0.05, 0.1) is 3.92 Å². The van der Waals surface area contributed by atoms with E-state index >= 15 is 0 Å². The summed E-state index contributed by atoms with van der Waals surface area (Å²) in [5, 5.41) is 0. The maximum absolute atomic E-state index is 12.1. The fourth-order valence-electron chi connectivity index (χ4n) is 2.41. The van der Waals surface area contributed by atoms with Gasteiger partial charge in [0.2, 0.25) is 11.8 Å². The fraction of sp³-hybridized carbons (Fsp3) is 0.800. The lowest BCUT2D eigenvalue weighted by molar-refractivity contribution is -0.139. The maximum Gasteiger partial charge on any atom is 0.233 e. The van der Waals surface area contributed by atoms with Gasteiger partial charge < -0.3 is 0 Å². The summed E-state index contributed by atoms with van der Waals surface area (Å²) in [4.78, 5) is 36.7. The third kappa shape index (κ3) is 4.82. The molecule has 0 N–H and O–H groups in total. The van der Waals surface area contributed by atoms with Gasteiger partial charge in [-0.3, -0.25) is 19.3 Å². The molecule has 0 bridgehead atoms. The normalized spacial score (nSPS) is 20.9. The van der Waals surface area contributed by atoms with Crippen molar-refractivity contribution in [3.05, 3.63) is 0 Å². The molecular weight excluding hydrogens is 369 g/mol. The number of imide groups is 1. The van der Waals surface area contributed by atoms with Gasteiger partial charge in [0.1, 0.15) is 5.78 Å². The molecule has 20 heavy (non-hydrogen) atoms. The topological polar surface area (TPSA) is 54.5 Å². The lowest BCUT2D eigenvalue weighted by Gasteiger charge is -2.16. The molecule has 1 aliphatic rings. The first-order valence-electron chi connectivity index (χ1n) is 7.35. The van der Waals surface area contributed by atoms with Gasteiger partial charge in [0.25, 0.3) is 0 Å². The average molecular weight is 393 g/mol. The van der Waals surface area contributed by atoms with E-state index in [4.69, 9.17) is 0 Å². The molecule has 2 unspecified atom stereocenters. The predicted molar refractivity (Wildman–Crippen MR) is 86.6 cm³/mol. The Morgan fingerprint density at radius 1 is 1.25 bits per heavy atom. The third-order valence-electron chi connectivity index (χ3n) is 3.83. The van der Waals surface area contributed by atoms with Crippen molar-refractivity contribution in [3.8, 4) is 0 Å². The van der Waals surface area contributed by atoms with E-state index in [1.54, 1.807) is 0 Å². The van der Waals surface area contributed by atoms with Gasteiger partial charge in [-0.1, -0.05) is 42.9 Å². The molecule has 114 valence electrons. The number of nitrogens with zero attached hydrogens (tertiary/aromatic N) is 1. The summed E-state index contributed by atoms with van der Waals surface area (Å²) in [5.41, 5.74) is 0. The summed E-state index contributed by atoms with van der Waals surface area (Å²) >= 11 is 2.13. The van der Waals surface area contributed by atoms with E-state index in [0.29, 0.717) is 19.4 Å². The Kier molecular flexibility index (Phi) is 7.12. The van der Waals surface area contributed by atoms with Crippen LogP contribution in [0.2, 0.25) is 0 Å². The standard InChI is InChI=1S/C15H24INO3/c1-10(2)12-9-14(19)17(15(12)20)8-6-4-5-7-13(18)11(3)16/h10-12H,4-9H2,1-3H3. The molecule has 0 aliphatic carbocycles. The third-order valence-corrected chi connectivity index (χ3v) is 4.53. The van der Waals surface area contributed by atoms with Crippen LogP contribution in [0, 0.1) is 11.8 Å². The van der Waals surface area contributed by atoms with Crippen molar-refractivity contribution in [1.82, 2.24) is 4.90 Å². The summed E-state index contributed by atoms with van der Waals surface area (Å²) in [6, 6.07) is 0. The van der Waals surface area contributed by atoms with Crippen LogP contribution in [0.15, 0.2) is 0 Å². The molecule has 2 amide bonds. The van der Waals surface area contributed by atoms with Crippen LogP contribution in [0.1, 0.15) is 52.9 Å². The molecular formula is C15H24INO3. The van der Waals surface area contributed by atoms with Crippen molar-refractivity contribution in [2.45, 2.75) is 56.8 Å². The second-order valence-corrected chi connectivity index (χ2v) is 7.70. The maximum atomic E-state index is 12.1. The van der Waals surface area contributed by atoms with E-state index in [-0.39, 0.29) is 33.4 Å². The smallest absolute Gasteiger partial charge is 0.233 e. The lowest BCUT2D eigenvalue weighted by Crippen LogP contribution is -2.32. The lowest BCUT2D eigenvalue weighted by atomic mass is 9.94. The molecule has 1 rings (SSSR count). The minimum atomic E-state index is -0.135. The molecule has 2 atom stereocenters. The van der Waals surface area contributed by atoms with Crippen LogP contribution in [0.25, 0.3) is 0 Å². The van der Waals surface area contributed by atoms with E-state index in [9.17, 15) is 14.4 Å². The Bertz CT molecular complexity index is 379. The van der Waals surface area contributed by atoms with Gasteiger partial charge in [-0.2, -0.15) is 0 Å². The number of unbranched alkanes of at least 4 members (excludes halogenated alkanes) is 2. The van der Waals surface area contributed by atoms with Gasteiger partial charge in [-0.05, 0) is 25.7 Å². The van der Waals surface area contributed by atoms with Crippen LogP contribution >= 0.6 is 22.6 Å². The SMILES string of the molecule is CC(I)C(=O)CCCCCN1C(=O)CC(C(C)C)C1=O. The molecule has 0 radical (unpaired) electrons. The molecule has 0 saturated carbocycles. The molecule has 1 aliphatic heterocycles. The Hall–Kier alpha value is -0.460. The highest BCUT2D eigenvalue weighted by atomic mass is 127. The molecule has 1 heterocycles. The molecule has 0 aromatic carbocycles. The quantitative estimate of drug-likeness (QED) is 0.276. The molecule has 4 nitrogen and oxygen atoms in total. The fourth-order valence-corrected chi connectivity index (χ4v) is 2.72. The van der Waals surface area contributed by atoms with Crippen molar-refractivity contribution >= 4 is 40.2 Å². The highest BCUT2D eigenvalue weighted by Gasteiger charge is 2.39. The number of ketones is 1. The van der Waals surface area contributed by atoms with Crippen LogP contribution < -0.4 is 0 Å². The number of alkyl halides is 1. The van der Waals surface area contributed by atoms with Gasteiger partial charge in [-0.25, -0.2) is 0 Å². The van der Waals surface area contributed by atoms with E-state index < -0.39 is 0 Å². The number of carbonyl (C=O) groups is 3. The number of rotatable bonds is 8. The van der Waals surface area contributed by atoms with E-state index in [1.165, 1.54) is 4.90 Å². The number of likely N-dealkylation sites (tertiary alicyclic amines) is 1. The summed E-state index contributed by atoms with van der Waals surface area (Å²) in [5.74, 6) is 0.314. The first-order valence-corrected chi connectivity index (χ1v) is 8.60. The number of Topliss-reactive ketones (excluding diaryl/α,β-unsaturated/α-hetero) is 1. The molecule has 1 saturated heterocycles. The molecule has 0 aromatic rings. The van der Waals surface area contributed by atoms with E-state index in [2.05, 4.69) is 22.6 Å². The van der Waals surface area contributed by atoms with Gasteiger partial charge >= 0.3 is 0 Å². The predicted octanol–water partition coefficient (Wildman–Crippen LogP) is 2.97. The average Bonchev–Trinajstić information content (AvgIpc) is 2.65. The second-order valence-electron chi connectivity index (χ2n) is 5.83. The van der Waals surface area contributed by atoms with E-state index in [1.807, 2.05) is 20.8 Å². The highest BCUT2D eigenvalue weighted by Crippen LogP contribution is 2.26. The van der Waals surface area contributed by atoms with Gasteiger partial charge in [0.15, 0.2) is 0 Å². The van der Waals surface area contributed by atoms with Crippen LogP contribution in [0.5, 0.6) is 0 Å². The molecule has 1 fully saturated rings. The van der Waals surface area contributed by atoms with E-state index in [0.717, 1.165) is 19.3 Å². The van der Waals surface area contributed by atoms with Crippen LogP contribution in [-0.4, -0.2) is 33.0 Å². The Morgan fingerprint density at radius 3 is 2.40 bits per heavy atom. The number of hydrogen-bond donors (Lipinski definition) is 0. The summed E-state index contributed by atoms with van der Waals surface area (Å²) in [6.45, 7) is 6.37. The molecule has 0 spiro atoms. The zero-order valence-corrected chi connectivity index (χ0v) is 14.7. The van der Waals surface area contributed by atoms with Crippen LogP contribution in [0.4, 0.5) is 0 Å². The van der Waals surface area contributed by atoms with Crippen LogP contribution in [0.3, 0.4) is 0 Å². The Labute approximate surface area is 134 Å². The highest BCUT2D eigenvalue weighted by molar-refractivity contribution is 14.1. The molecule has 5 heteroatoms. The van der Waals surface area contributed by atoms with Crippen LogP contribution in [-0.2, 0) is 14.4 Å². The van der Waals surface area contributed by atoms with Crippen molar-refractivity contribution in [2.24, 2.45) is 11.8 Å². The number of amides is 2. The molecule has 0 aromatic heterocycles. The van der Waals surface area contributed by atoms with Crippen molar-refractivity contribution < 1.29 is 14.4 Å². The monoisotopic (exact) mass is 393 g/mol. The summed E-state index contributed by atoms with van der Waals surface area (Å²) in [7, 11) is 0. The minimum Gasteiger partial charge on any atom is -0.299 e. The van der Waals surface area contributed by atoms with Crippen molar-refractivity contribution in [1.29, 1.82) is 0 Å². The Balaban J connectivity index is 2.27. The number of halogens is 1. The van der Waals surface area contributed by atoms with Crippen molar-refractivity contribution in [2.75, 3.05) is 6.54 Å². The number of carbonyl (C=O) groups excluding carboxylic acids is 3. The van der Waals surface area contributed by atoms with Crippen molar-refractivity contribution in [3.63, 3.8) is 0 Å². The van der Waals surface area contributed by atoms with Gasteiger partial charge in [0, 0.05) is 25.3 Å². The summed E-state index contributed by atoms with van der Waals surface area (Å²) < 4.78 is 0.0705. The first-order chi connectivity index (χ1) is 9.34. The largest absolute Gasteiger partial charge is 0.299 e. The minimum absolute atomic E-state index is 0.0121. The number of hydrogen-bond acceptors (Lipinski definition) is 3. The zero-order chi connectivity index (χ0) is 15.3. The Morgan fingerprint density at radius 2 is 1.90 bits per heavy atom. The first kappa shape index (κ1) is 17.6.